The van der Waals surface area contributed by atoms with Crippen LogP contribution in [0.5, 0.6) is 0 Å². The standard InChI is InChI=1S/C12H20N2O/c13-14-12(10-6-1-2-7-15-10)11-8-4-3-5-9(8)11/h6,8-9,11-12,14H,1-5,7,13H2. The molecule has 2 saturated carbocycles. The van der Waals surface area contributed by atoms with Crippen LogP contribution in [0.1, 0.15) is 32.1 Å². The van der Waals surface area contributed by atoms with Crippen molar-refractivity contribution in [3.63, 3.8) is 0 Å². The van der Waals surface area contributed by atoms with E-state index in [4.69, 9.17) is 10.6 Å². The molecule has 0 aromatic heterocycles. The first-order chi connectivity index (χ1) is 7.42. The lowest BCUT2D eigenvalue weighted by Gasteiger charge is -2.24. The SMILES string of the molecule is NNC(C1=CCCCO1)C1C2CCCC21. The minimum absolute atomic E-state index is 0.292. The molecule has 0 amide bonds. The first-order valence-electron chi connectivity index (χ1n) is 6.21. The van der Waals surface area contributed by atoms with Crippen molar-refractivity contribution in [2.75, 3.05) is 6.61 Å². The maximum atomic E-state index is 5.72. The average Bonchev–Trinajstić information content (AvgIpc) is 2.76. The number of ether oxygens (including phenoxy) is 1. The normalized spacial score (nSPS) is 40.3. The lowest BCUT2D eigenvalue weighted by Crippen LogP contribution is -2.40. The number of nitrogens with two attached hydrogens (primary N) is 1. The van der Waals surface area contributed by atoms with Gasteiger partial charge in [-0.1, -0.05) is 6.42 Å². The smallest absolute Gasteiger partial charge is 0.111 e. The minimum Gasteiger partial charge on any atom is -0.497 e. The van der Waals surface area contributed by atoms with Crippen LogP contribution in [0.25, 0.3) is 0 Å². The summed E-state index contributed by atoms with van der Waals surface area (Å²) in [5, 5.41) is 0. The van der Waals surface area contributed by atoms with Gasteiger partial charge in [-0.15, -0.1) is 0 Å². The van der Waals surface area contributed by atoms with Gasteiger partial charge in [-0.25, -0.2) is 5.43 Å². The van der Waals surface area contributed by atoms with E-state index in [0.29, 0.717) is 6.04 Å². The van der Waals surface area contributed by atoms with E-state index in [9.17, 15) is 0 Å². The summed E-state index contributed by atoms with van der Waals surface area (Å²) < 4.78 is 5.72. The maximum Gasteiger partial charge on any atom is 0.111 e. The van der Waals surface area contributed by atoms with Crippen molar-refractivity contribution in [1.29, 1.82) is 0 Å². The van der Waals surface area contributed by atoms with Gasteiger partial charge in [0.05, 0.1) is 12.6 Å². The highest BCUT2D eigenvalue weighted by Crippen LogP contribution is 2.59. The first kappa shape index (κ1) is 9.67. The van der Waals surface area contributed by atoms with E-state index in [2.05, 4.69) is 11.5 Å². The fourth-order valence-corrected chi connectivity index (χ4v) is 3.55. The second-order valence-electron chi connectivity index (χ2n) is 5.08. The van der Waals surface area contributed by atoms with Gasteiger partial charge >= 0.3 is 0 Å². The molecule has 3 rings (SSSR count). The largest absolute Gasteiger partial charge is 0.497 e. The molecule has 3 unspecified atom stereocenters. The Kier molecular flexibility index (Phi) is 2.45. The molecule has 3 heteroatoms. The van der Waals surface area contributed by atoms with Gasteiger partial charge in [-0.3, -0.25) is 5.84 Å². The molecule has 84 valence electrons. The van der Waals surface area contributed by atoms with Gasteiger partial charge in [0, 0.05) is 0 Å². The highest BCUT2D eigenvalue weighted by molar-refractivity contribution is 5.16. The number of rotatable bonds is 3. The highest BCUT2D eigenvalue weighted by Gasteiger charge is 2.56. The Morgan fingerprint density at radius 1 is 1.33 bits per heavy atom. The number of allylic oxidation sites excluding steroid dienone is 1. The van der Waals surface area contributed by atoms with Crippen molar-refractivity contribution in [2.45, 2.75) is 38.1 Å². The Morgan fingerprint density at radius 3 is 2.73 bits per heavy atom. The topological polar surface area (TPSA) is 47.3 Å². The van der Waals surface area contributed by atoms with Crippen LogP contribution in [0.2, 0.25) is 0 Å². The highest BCUT2D eigenvalue weighted by atomic mass is 16.5. The molecule has 0 aromatic rings. The van der Waals surface area contributed by atoms with E-state index >= 15 is 0 Å². The van der Waals surface area contributed by atoms with Gasteiger partial charge < -0.3 is 4.74 Å². The van der Waals surface area contributed by atoms with Crippen LogP contribution in [0.15, 0.2) is 11.8 Å². The lowest BCUT2D eigenvalue weighted by atomic mass is 10.0. The fraction of sp³-hybridized carbons (Fsp3) is 0.833. The third-order valence-electron chi connectivity index (χ3n) is 4.31. The van der Waals surface area contributed by atoms with Crippen molar-refractivity contribution in [3.05, 3.63) is 11.8 Å². The van der Waals surface area contributed by atoms with Crippen molar-refractivity contribution in [2.24, 2.45) is 23.6 Å². The van der Waals surface area contributed by atoms with E-state index in [1.165, 1.54) is 19.3 Å². The Morgan fingerprint density at radius 2 is 2.13 bits per heavy atom. The molecular weight excluding hydrogens is 188 g/mol. The van der Waals surface area contributed by atoms with Crippen molar-refractivity contribution >= 4 is 0 Å². The quantitative estimate of drug-likeness (QED) is 0.546. The van der Waals surface area contributed by atoms with Gasteiger partial charge in [-0.2, -0.15) is 0 Å². The zero-order valence-electron chi connectivity index (χ0n) is 9.11. The molecule has 0 bridgehead atoms. The van der Waals surface area contributed by atoms with Crippen LogP contribution >= 0.6 is 0 Å². The minimum atomic E-state index is 0.292. The Bertz CT molecular complexity index is 267. The van der Waals surface area contributed by atoms with Gasteiger partial charge in [0.1, 0.15) is 5.76 Å². The number of hydrogen-bond donors (Lipinski definition) is 2. The summed E-state index contributed by atoms with van der Waals surface area (Å²) in [6.45, 7) is 0.867. The summed E-state index contributed by atoms with van der Waals surface area (Å²) in [5.74, 6) is 9.40. The van der Waals surface area contributed by atoms with Crippen LogP contribution in [0.4, 0.5) is 0 Å². The van der Waals surface area contributed by atoms with Gasteiger partial charge in [-0.05, 0) is 49.5 Å². The van der Waals surface area contributed by atoms with Crippen molar-refractivity contribution in [3.8, 4) is 0 Å². The Labute approximate surface area is 91.0 Å². The second kappa shape index (κ2) is 3.80. The van der Waals surface area contributed by atoms with Crippen LogP contribution in [-0.2, 0) is 4.74 Å². The molecule has 15 heavy (non-hydrogen) atoms. The maximum absolute atomic E-state index is 5.72. The van der Waals surface area contributed by atoms with E-state index in [0.717, 1.165) is 43.0 Å². The van der Waals surface area contributed by atoms with E-state index < -0.39 is 0 Å². The summed E-state index contributed by atoms with van der Waals surface area (Å²) in [6.07, 6.45) is 8.75. The molecule has 3 atom stereocenters. The summed E-state index contributed by atoms with van der Waals surface area (Å²) in [5.41, 5.74) is 2.97. The molecule has 3 N–H and O–H groups in total. The molecule has 2 aliphatic carbocycles. The number of nitrogens with one attached hydrogen (secondary N) is 1. The third kappa shape index (κ3) is 1.58. The molecule has 1 aliphatic heterocycles. The second-order valence-corrected chi connectivity index (χ2v) is 5.08. The Hall–Kier alpha value is -0.540. The fourth-order valence-electron chi connectivity index (χ4n) is 3.55. The zero-order valence-corrected chi connectivity index (χ0v) is 9.11. The molecule has 3 nitrogen and oxygen atoms in total. The molecule has 1 heterocycles. The third-order valence-corrected chi connectivity index (χ3v) is 4.31. The molecule has 0 aromatic carbocycles. The summed E-state index contributed by atoms with van der Waals surface area (Å²) in [6, 6.07) is 0.292. The van der Waals surface area contributed by atoms with Crippen LogP contribution < -0.4 is 11.3 Å². The van der Waals surface area contributed by atoms with Crippen LogP contribution in [0.3, 0.4) is 0 Å². The Balaban J connectivity index is 1.69. The predicted molar refractivity (Wildman–Crippen MR) is 58.7 cm³/mol. The molecule has 0 spiro atoms. The number of hydrazine groups is 1. The summed E-state index contributed by atoms with van der Waals surface area (Å²) in [7, 11) is 0. The van der Waals surface area contributed by atoms with Crippen LogP contribution in [0, 0.1) is 17.8 Å². The van der Waals surface area contributed by atoms with Gasteiger partial charge in [0.25, 0.3) is 0 Å². The number of fused-ring (bicyclic) bond motifs is 1. The lowest BCUT2D eigenvalue weighted by molar-refractivity contribution is 0.158. The van der Waals surface area contributed by atoms with E-state index in [1.807, 2.05) is 0 Å². The first-order valence-corrected chi connectivity index (χ1v) is 6.21. The molecule has 0 radical (unpaired) electrons. The van der Waals surface area contributed by atoms with E-state index in [1.54, 1.807) is 0 Å². The van der Waals surface area contributed by atoms with Gasteiger partial charge in [0.2, 0.25) is 0 Å². The average molecular weight is 208 g/mol. The number of hydrogen-bond acceptors (Lipinski definition) is 3. The zero-order chi connectivity index (χ0) is 10.3. The molecule has 2 fully saturated rings. The van der Waals surface area contributed by atoms with Crippen molar-refractivity contribution < 1.29 is 4.74 Å². The van der Waals surface area contributed by atoms with Gasteiger partial charge in [0.15, 0.2) is 0 Å². The predicted octanol–water partition coefficient (Wildman–Crippen LogP) is 1.56. The summed E-state index contributed by atoms with van der Waals surface area (Å²) >= 11 is 0. The molecular formula is C12H20N2O. The van der Waals surface area contributed by atoms with Crippen LogP contribution in [-0.4, -0.2) is 12.6 Å². The van der Waals surface area contributed by atoms with E-state index in [-0.39, 0.29) is 0 Å². The van der Waals surface area contributed by atoms with Crippen molar-refractivity contribution in [1.82, 2.24) is 5.43 Å². The molecule has 3 aliphatic rings. The summed E-state index contributed by atoms with van der Waals surface area (Å²) in [4.78, 5) is 0. The molecule has 0 saturated heterocycles. The monoisotopic (exact) mass is 208 g/mol.